The van der Waals surface area contributed by atoms with E-state index in [9.17, 15) is 0 Å². The molecule has 1 aliphatic rings. The fourth-order valence-electron chi connectivity index (χ4n) is 3.72. The minimum Gasteiger partial charge on any atom is -0.0797 e. The van der Waals surface area contributed by atoms with Gasteiger partial charge in [0, 0.05) is 0 Å². The molecule has 0 nitrogen and oxygen atoms in total. The largest absolute Gasteiger partial charge is 0.0969 e. The molecule has 0 amide bonds. The number of rotatable bonds is 7. The molecule has 1 unspecified atom stereocenters. The second-order valence-corrected chi connectivity index (χ2v) is 10.9. The Labute approximate surface area is 125 Å². The van der Waals surface area contributed by atoms with Gasteiger partial charge in [-0.3, -0.25) is 0 Å². The third kappa shape index (κ3) is 2.83. The van der Waals surface area contributed by atoms with Gasteiger partial charge in [0.2, 0.25) is 0 Å². The molecule has 20 heavy (non-hydrogen) atoms. The van der Waals surface area contributed by atoms with E-state index >= 15 is 0 Å². The summed E-state index contributed by atoms with van der Waals surface area (Å²) in [6.45, 7) is 7.11. The Morgan fingerprint density at radius 2 is 1.70 bits per heavy atom. The van der Waals surface area contributed by atoms with Crippen molar-refractivity contribution in [3.63, 3.8) is 0 Å². The zero-order valence-electron chi connectivity index (χ0n) is 13.2. The van der Waals surface area contributed by atoms with Crippen LogP contribution >= 0.6 is 0 Å². The van der Waals surface area contributed by atoms with Gasteiger partial charge in [0.1, 0.15) is 0 Å². The lowest BCUT2D eigenvalue weighted by atomic mass is 10.1. The molecule has 0 heterocycles. The number of hydrogen-bond acceptors (Lipinski definition) is 0. The average molecular weight is 285 g/mol. The Morgan fingerprint density at radius 1 is 1.00 bits per heavy atom. The lowest BCUT2D eigenvalue weighted by Gasteiger charge is -2.37. The van der Waals surface area contributed by atoms with Crippen LogP contribution in [0.4, 0.5) is 0 Å². The molecule has 1 heteroatoms. The molecule has 2 rings (SSSR count). The number of unbranched alkanes of at least 4 members (excludes halogenated alkanes) is 1. The van der Waals surface area contributed by atoms with Gasteiger partial charge in [-0.2, -0.15) is 0 Å². The van der Waals surface area contributed by atoms with E-state index in [4.69, 9.17) is 0 Å². The molecule has 0 aromatic heterocycles. The normalized spacial score (nSPS) is 18.4. The summed E-state index contributed by atoms with van der Waals surface area (Å²) in [6.07, 6.45) is 11.1. The molecule has 0 N–H and O–H groups in total. The van der Waals surface area contributed by atoms with Gasteiger partial charge in [0.15, 0.2) is 0 Å². The maximum absolute atomic E-state index is 2.50. The van der Waals surface area contributed by atoms with Crippen LogP contribution in [-0.2, 0) is 0 Å². The fraction of sp³-hybridized carbons (Fsp3) is 0.474. The monoisotopic (exact) mass is 284 g/mol. The topological polar surface area (TPSA) is 0 Å². The third-order valence-corrected chi connectivity index (χ3v) is 10.8. The van der Waals surface area contributed by atoms with E-state index < -0.39 is 8.07 Å². The van der Waals surface area contributed by atoms with E-state index in [-0.39, 0.29) is 0 Å². The predicted molar refractivity (Wildman–Crippen MR) is 93.3 cm³/mol. The molecule has 1 atom stereocenters. The van der Waals surface area contributed by atoms with Gasteiger partial charge in [0.25, 0.3) is 0 Å². The summed E-state index contributed by atoms with van der Waals surface area (Å²) in [5, 5.41) is 1.64. The second-order valence-electron chi connectivity index (χ2n) is 5.94. The summed E-state index contributed by atoms with van der Waals surface area (Å²) in [6, 6.07) is 14.0. The first-order chi connectivity index (χ1) is 9.78. The van der Waals surface area contributed by atoms with Crippen molar-refractivity contribution in [1.29, 1.82) is 0 Å². The van der Waals surface area contributed by atoms with Crippen LogP contribution in [0.15, 0.2) is 54.1 Å². The molecule has 1 aromatic carbocycles. The van der Waals surface area contributed by atoms with Crippen LogP contribution in [0.1, 0.15) is 40.0 Å². The van der Waals surface area contributed by atoms with Gasteiger partial charge in [-0.05, 0) is 18.4 Å². The number of allylic oxidation sites excluding steroid dienone is 4. The average Bonchev–Trinajstić information content (AvgIpc) is 2.97. The summed E-state index contributed by atoms with van der Waals surface area (Å²) in [5.74, 6) is 0. The van der Waals surface area contributed by atoms with Crippen molar-refractivity contribution in [1.82, 2.24) is 0 Å². The molecule has 0 fully saturated rings. The van der Waals surface area contributed by atoms with E-state index in [1.54, 1.807) is 10.8 Å². The summed E-state index contributed by atoms with van der Waals surface area (Å²) >= 11 is 0. The van der Waals surface area contributed by atoms with Crippen molar-refractivity contribution in [3.8, 4) is 0 Å². The molecule has 0 spiro atoms. The van der Waals surface area contributed by atoms with Crippen LogP contribution in [0, 0.1) is 0 Å². The molecule has 0 aliphatic heterocycles. The fourth-order valence-corrected chi connectivity index (χ4v) is 8.57. The molecular formula is C19H28Si. The van der Waals surface area contributed by atoms with E-state index in [0.717, 1.165) is 5.54 Å². The SMILES string of the molecule is CCCCC1=CC=CC1[Si](CC)(CC)c1ccccc1. The predicted octanol–water partition coefficient (Wildman–Crippen LogP) is 5.44. The summed E-state index contributed by atoms with van der Waals surface area (Å²) < 4.78 is 0. The summed E-state index contributed by atoms with van der Waals surface area (Å²) in [7, 11) is -1.45. The van der Waals surface area contributed by atoms with Gasteiger partial charge in [-0.15, -0.1) is 0 Å². The van der Waals surface area contributed by atoms with E-state index in [1.165, 1.54) is 31.4 Å². The molecule has 1 aliphatic carbocycles. The quantitative estimate of drug-likeness (QED) is 0.585. The summed E-state index contributed by atoms with van der Waals surface area (Å²) in [5.41, 5.74) is 2.43. The first kappa shape index (κ1) is 15.3. The van der Waals surface area contributed by atoms with Crippen LogP contribution in [0.5, 0.6) is 0 Å². The van der Waals surface area contributed by atoms with Crippen molar-refractivity contribution in [2.45, 2.75) is 57.7 Å². The van der Waals surface area contributed by atoms with Crippen molar-refractivity contribution in [3.05, 3.63) is 54.1 Å². The molecule has 108 valence electrons. The third-order valence-electron chi connectivity index (χ3n) is 5.04. The molecule has 0 saturated heterocycles. The van der Waals surface area contributed by atoms with Gasteiger partial charge in [-0.25, -0.2) is 0 Å². The highest BCUT2D eigenvalue weighted by atomic mass is 28.3. The van der Waals surface area contributed by atoms with Crippen LogP contribution in [-0.4, -0.2) is 8.07 Å². The van der Waals surface area contributed by atoms with Gasteiger partial charge < -0.3 is 0 Å². The molecular weight excluding hydrogens is 256 g/mol. The zero-order valence-corrected chi connectivity index (χ0v) is 14.2. The smallest absolute Gasteiger partial charge is 0.0797 e. The summed E-state index contributed by atoms with van der Waals surface area (Å²) in [4.78, 5) is 0. The van der Waals surface area contributed by atoms with Gasteiger partial charge in [-0.1, -0.05) is 98.6 Å². The highest BCUT2D eigenvalue weighted by molar-refractivity contribution is 6.93. The Kier molecular flexibility index (Phi) is 5.42. The highest BCUT2D eigenvalue weighted by Crippen LogP contribution is 2.41. The molecule has 0 radical (unpaired) electrons. The van der Waals surface area contributed by atoms with Crippen molar-refractivity contribution in [2.24, 2.45) is 0 Å². The first-order valence-corrected chi connectivity index (χ1v) is 10.7. The van der Waals surface area contributed by atoms with Gasteiger partial charge >= 0.3 is 0 Å². The molecule has 0 bridgehead atoms. The maximum atomic E-state index is 2.50. The second kappa shape index (κ2) is 7.08. The van der Waals surface area contributed by atoms with Crippen molar-refractivity contribution in [2.75, 3.05) is 0 Å². The first-order valence-electron chi connectivity index (χ1n) is 8.21. The standard InChI is InChI=1S/C19H28Si/c1-4-7-12-17-13-11-16-19(17)20(5-2,6-3)18-14-9-8-10-15-18/h8-11,13-16,19H,4-7,12H2,1-3H3. The maximum Gasteiger partial charge on any atom is 0.0969 e. The zero-order chi connectivity index (χ0) is 14.4. The van der Waals surface area contributed by atoms with Crippen molar-refractivity contribution < 1.29 is 0 Å². The Bertz CT molecular complexity index is 466. The highest BCUT2D eigenvalue weighted by Gasteiger charge is 2.40. The Hall–Kier alpha value is -1.08. The lowest BCUT2D eigenvalue weighted by molar-refractivity contribution is 0.773. The minimum absolute atomic E-state index is 0.728. The van der Waals surface area contributed by atoms with Crippen LogP contribution in [0.2, 0.25) is 17.6 Å². The Balaban J connectivity index is 2.33. The van der Waals surface area contributed by atoms with Crippen LogP contribution in [0.25, 0.3) is 0 Å². The van der Waals surface area contributed by atoms with E-state index in [0.29, 0.717) is 0 Å². The van der Waals surface area contributed by atoms with Crippen LogP contribution < -0.4 is 5.19 Å². The van der Waals surface area contributed by atoms with E-state index in [2.05, 4.69) is 69.3 Å². The molecule has 1 aromatic rings. The van der Waals surface area contributed by atoms with Gasteiger partial charge in [0.05, 0.1) is 8.07 Å². The van der Waals surface area contributed by atoms with Crippen LogP contribution in [0.3, 0.4) is 0 Å². The van der Waals surface area contributed by atoms with E-state index in [1.807, 2.05) is 0 Å². The minimum atomic E-state index is -1.45. The number of benzene rings is 1. The lowest BCUT2D eigenvalue weighted by Crippen LogP contribution is -2.50. The number of hydrogen-bond donors (Lipinski definition) is 0. The Morgan fingerprint density at radius 3 is 2.30 bits per heavy atom. The molecule has 0 saturated carbocycles. The van der Waals surface area contributed by atoms with Crippen molar-refractivity contribution >= 4 is 13.3 Å².